The van der Waals surface area contributed by atoms with Gasteiger partial charge in [0.15, 0.2) is 0 Å². The summed E-state index contributed by atoms with van der Waals surface area (Å²) in [5.41, 5.74) is 1.08. The predicted molar refractivity (Wildman–Crippen MR) is 98.4 cm³/mol. The quantitative estimate of drug-likeness (QED) is 0.510. The number of halogens is 3. The van der Waals surface area contributed by atoms with Gasteiger partial charge < -0.3 is 9.47 Å². The number of hydrogen-bond acceptors (Lipinski definition) is 3. The largest absolute Gasteiger partial charge is 0.489 e. The van der Waals surface area contributed by atoms with Gasteiger partial charge in [-0.25, -0.2) is 4.39 Å². The standard InChI is InChI=1S/C20H12Cl2FNO2/c21-15-6-14(11-24)8-18(9-15)26-20-10-17(4-5-19(20)22)25-12-13-2-1-3-16(23)7-13/h1-10H,12H2. The summed E-state index contributed by atoms with van der Waals surface area (Å²) in [6.07, 6.45) is 0. The van der Waals surface area contributed by atoms with Crippen molar-refractivity contribution in [3.8, 4) is 23.3 Å². The van der Waals surface area contributed by atoms with Crippen LogP contribution in [0.4, 0.5) is 4.39 Å². The predicted octanol–water partition coefficient (Wildman–Crippen LogP) is 6.38. The second-order valence-corrected chi connectivity index (χ2v) is 6.24. The normalized spacial score (nSPS) is 10.2. The van der Waals surface area contributed by atoms with Crippen LogP contribution < -0.4 is 9.47 Å². The lowest BCUT2D eigenvalue weighted by Crippen LogP contribution is -1.96. The molecule has 0 heterocycles. The van der Waals surface area contributed by atoms with E-state index in [1.165, 1.54) is 18.2 Å². The third kappa shape index (κ3) is 4.66. The van der Waals surface area contributed by atoms with Gasteiger partial charge in [-0.1, -0.05) is 35.3 Å². The van der Waals surface area contributed by atoms with Gasteiger partial charge in [0.2, 0.25) is 0 Å². The Morgan fingerprint density at radius 3 is 2.58 bits per heavy atom. The maximum absolute atomic E-state index is 13.2. The van der Waals surface area contributed by atoms with E-state index in [4.69, 9.17) is 37.9 Å². The maximum Gasteiger partial charge on any atom is 0.149 e. The molecule has 0 saturated carbocycles. The van der Waals surface area contributed by atoms with Crippen LogP contribution in [0.15, 0.2) is 60.7 Å². The summed E-state index contributed by atoms with van der Waals surface area (Å²) in [7, 11) is 0. The van der Waals surface area contributed by atoms with E-state index in [-0.39, 0.29) is 12.4 Å². The zero-order chi connectivity index (χ0) is 18.5. The van der Waals surface area contributed by atoms with Crippen molar-refractivity contribution in [3.05, 3.63) is 87.7 Å². The number of nitriles is 1. The number of hydrogen-bond donors (Lipinski definition) is 0. The van der Waals surface area contributed by atoms with Gasteiger partial charge in [-0.15, -0.1) is 0 Å². The molecule has 6 heteroatoms. The summed E-state index contributed by atoms with van der Waals surface area (Å²) < 4.78 is 24.6. The van der Waals surface area contributed by atoms with Crippen LogP contribution in [-0.4, -0.2) is 0 Å². The molecule has 3 nitrogen and oxygen atoms in total. The molecule has 0 unspecified atom stereocenters. The first-order valence-corrected chi connectivity index (χ1v) is 8.34. The topological polar surface area (TPSA) is 42.2 Å². The van der Waals surface area contributed by atoms with Gasteiger partial charge in [0.1, 0.15) is 29.7 Å². The summed E-state index contributed by atoms with van der Waals surface area (Å²) >= 11 is 12.1. The average molecular weight is 388 g/mol. The first kappa shape index (κ1) is 18.1. The van der Waals surface area contributed by atoms with Gasteiger partial charge in [-0.3, -0.25) is 0 Å². The van der Waals surface area contributed by atoms with E-state index < -0.39 is 0 Å². The van der Waals surface area contributed by atoms with Crippen LogP contribution in [0, 0.1) is 17.1 Å². The lowest BCUT2D eigenvalue weighted by Gasteiger charge is -2.11. The van der Waals surface area contributed by atoms with Gasteiger partial charge >= 0.3 is 0 Å². The van der Waals surface area contributed by atoms with E-state index in [0.717, 1.165) is 0 Å². The van der Waals surface area contributed by atoms with Gasteiger partial charge in [-0.2, -0.15) is 5.26 Å². The van der Waals surface area contributed by atoms with Crippen molar-refractivity contribution in [1.82, 2.24) is 0 Å². The summed E-state index contributed by atoms with van der Waals surface area (Å²) in [5.74, 6) is 0.935. The molecule has 0 bridgehead atoms. The zero-order valence-corrected chi connectivity index (χ0v) is 14.9. The van der Waals surface area contributed by atoms with Crippen LogP contribution in [-0.2, 0) is 6.61 Å². The minimum absolute atomic E-state index is 0.203. The maximum atomic E-state index is 13.2. The number of benzene rings is 3. The van der Waals surface area contributed by atoms with E-state index in [0.29, 0.717) is 38.4 Å². The smallest absolute Gasteiger partial charge is 0.149 e. The molecule has 0 radical (unpaired) electrons. The Kier molecular flexibility index (Phi) is 5.62. The van der Waals surface area contributed by atoms with E-state index in [9.17, 15) is 4.39 Å². The zero-order valence-electron chi connectivity index (χ0n) is 13.4. The summed E-state index contributed by atoms with van der Waals surface area (Å²) in [6, 6.07) is 17.8. The third-order valence-corrected chi connectivity index (χ3v) is 3.96. The lowest BCUT2D eigenvalue weighted by molar-refractivity contribution is 0.304. The Hall–Kier alpha value is -2.74. The number of rotatable bonds is 5. The van der Waals surface area contributed by atoms with Crippen molar-refractivity contribution in [1.29, 1.82) is 5.26 Å². The molecule has 3 aromatic carbocycles. The van der Waals surface area contributed by atoms with E-state index in [1.807, 2.05) is 6.07 Å². The highest BCUT2D eigenvalue weighted by atomic mass is 35.5. The summed E-state index contributed by atoms with van der Waals surface area (Å²) in [4.78, 5) is 0. The SMILES string of the molecule is N#Cc1cc(Cl)cc(Oc2cc(OCc3cccc(F)c3)ccc2Cl)c1. The monoisotopic (exact) mass is 387 g/mol. The second-order valence-electron chi connectivity index (χ2n) is 5.40. The molecule has 26 heavy (non-hydrogen) atoms. The molecule has 0 atom stereocenters. The van der Waals surface area contributed by atoms with Crippen LogP contribution >= 0.6 is 23.2 Å². The van der Waals surface area contributed by atoms with Crippen molar-refractivity contribution in [3.63, 3.8) is 0 Å². The van der Waals surface area contributed by atoms with Crippen LogP contribution in [0.2, 0.25) is 10.0 Å². The van der Waals surface area contributed by atoms with Crippen LogP contribution in [0.5, 0.6) is 17.2 Å². The highest BCUT2D eigenvalue weighted by Gasteiger charge is 2.08. The molecular formula is C20H12Cl2FNO2. The minimum Gasteiger partial charge on any atom is -0.489 e. The molecule has 0 aliphatic heterocycles. The first-order valence-electron chi connectivity index (χ1n) is 7.59. The molecule has 0 amide bonds. The highest BCUT2D eigenvalue weighted by molar-refractivity contribution is 6.32. The fraction of sp³-hybridized carbons (Fsp3) is 0.0500. The van der Waals surface area contributed by atoms with Gasteiger partial charge in [0.25, 0.3) is 0 Å². The van der Waals surface area contributed by atoms with Crippen LogP contribution in [0.3, 0.4) is 0 Å². The van der Waals surface area contributed by atoms with Crippen LogP contribution in [0.1, 0.15) is 11.1 Å². The average Bonchev–Trinajstić information content (AvgIpc) is 2.62. The highest BCUT2D eigenvalue weighted by Crippen LogP contribution is 2.34. The Labute approximate surface area is 160 Å². The lowest BCUT2D eigenvalue weighted by atomic mass is 10.2. The van der Waals surface area contributed by atoms with E-state index >= 15 is 0 Å². The minimum atomic E-state index is -0.319. The van der Waals surface area contributed by atoms with Crippen molar-refractivity contribution >= 4 is 23.2 Å². The van der Waals surface area contributed by atoms with E-state index in [1.54, 1.807) is 42.5 Å². The van der Waals surface area contributed by atoms with Crippen LogP contribution in [0.25, 0.3) is 0 Å². The molecule has 0 saturated heterocycles. The molecule has 3 rings (SSSR count). The van der Waals surface area contributed by atoms with Crippen molar-refractivity contribution in [2.45, 2.75) is 6.61 Å². The number of nitrogens with zero attached hydrogens (tertiary/aromatic N) is 1. The molecule has 130 valence electrons. The first-order chi connectivity index (χ1) is 12.5. The fourth-order valence-corrected chi connectivity index (χ4v) is 2.64. The van der Waals surface area contributed by atoms with E-state index in [2.05, 4.69) is 0 Å². The molecule has 0 N–H and O–H groups in total. The Morgan fingerprint density at radius 1 is 0.962 bits per heavy atom. The second kappa shape index (κ2) is 8.09. The third-order valence-electron chi connectivity index (χ3n) is 3.43. The summed E-state index contributed by atoms with van der Waals surface area (Å²) in [5, 5.41) is 9.77. The molecule has 0 aliphatic rings. The fourth-order valence-electron chi connectivity index (χ4n) is 2.26. The molecule has 0 fully saturated rings. The van der Waals surface area contributed by atoms with Crippen molar-refractivity contribution in [2.24, 2.45) is 0 Å². The van der Waals surface area contributed by atoms with Gasteiger partial charge in [0.05, 0.1) is 16.7 Å². The summed E-state index contributed by atoms with van der Waals surface area (Å²) in [6.45, 7) is 0.203. The Bertz CT molecular complexity index is 986. The van der Waals surface area contributed by atoms with Crippen molar-refractivity contribution < 1.29 is 13.9 Å². The molecule has 0 aliphatic carbocycles. The molecular weight excluding hydrogens is 376 g/mol. The van der Waals surface area contributed by atoms with Crippen molar-refractivity contribution in [2.75, 3.05) is 0 Å². The molecule has 0 aromatic heterocycles. The van der Waals surface area contributed by atoms with Gasteiger partial charge in [-0.05, 0) is 48.0 Å². The molecule has 0 spiro atoms. The molecule has 3 aromatic rings. The number of ether oxygens (including phenoxy) is 2. The Morgan fingerprint density at radius 2 is 1.81 bits per heavy atom. The van der Waals surface area contributed by atoms with Gasteiger partial charge in [0, 0.05) is 11.1 Å². The Balaban J connectivity index is 1.77.